The molecule has 2 heteroatoms. The summed E-state index contributed by atoms with van der Waals surface area (Å²) in [4.78, 5) is 0. The van der Waals surface area contributed by atoms with Crippen LogP contribution in [0.2, 0.25) is 0 Å². The van der Waals surface area contributed by atoms with Crippen molar-refractivity contribution in [1.82, 2.24) is 0 Å². The quantitative estimate of drug-likeness (QED) is 0.728. The summed E-state index contributed by atoms with van der Waals surface area (Å²) in [5.41, 5.74) is 0.759. The molecule has 0 aromatic heterocycles. The fourth-order valence-electron chi connectivity index (χ4n) is 1.53. The number of ether oxygens (including phenoxy) is 2. The SMILES string of the molecule is [CH]c1ccc(OCC2CCCO2)cc1. The van der Waals surface area contributed by atoms with Gasteiger partial charge in [0.05, 0.1) is 6.10 Å². The number of rotatable bonds is 3. The predicted molar refractivity (Wildman–Crippen MR) is 54.3 cm³/mol. The van der Waals surface area contributed by atoms with Crippen LogP contribution in [0.5, 0.6) is 5.75 Å². The lowest BCUT2D eigenvalue weighted by atomic mass is 10.2. The molecule has 0 N–H and O–H groups in total. The maximum atomic E-state index is 5.56. The van der Waals surface area contributed by atoms with Crippen LogP contribution in [0.1, 0.15) is 18.4 Å². The van der Waals surface area contributed by atoms with Gasteiger partial charge in [-0.25, -0.2) is 0 Å². The van der Waals surface area contributed by atoms with Gasteiger partial charge in [0, 0.05) is 6.61 Å². The lowest BCUT2D eigenvalue weighted by molar-refractivity contribution is 0.0679. The van der Waals surface area contributed by atoms with E-state index in [1.807, 2.05) is 24.3 Å². The third kappa shape index (κ3) is 2.48. The van der Waals surface area contributed by atoms with Crippen molar-refractivity contribution in [3.63, 3.8) is 0 Å². The average Bonchev–Trinajstić information content (AvgIpc) is 2.70. The second-order valence-corrected chi connectivity index (χ2v) is 3.52. The molecule has 1 heterocycles. The first-order valence-electron chi connectivity index (χ1n) is 4.94. The summed E-state index contributed by atoms with van der Waals surface area (Å²) >= 11 is 0. The van der Waals surface area contributed by atoms with Gasteiger partial charge in [0.25, 0.3) is 0 Å². The van der Waals surface area contributed by atoms with Crippen molar-refractivity contribution >= 4 is 0 Å². The Labute approximate surface area is 84.8 Å². The molecule has 1 aromatic carbocycles. The van der Waals surface area contributed by atoms with Crippen molar-refractivity contribution in [2.75, 3.05) is 13.2 Å². The molecule has 0 saturated carbocycles. The number of hydrogen-bond donors (Lipinski definition) is 0. The van der Waals surface area contributed by atoms with E-state index in [4.69, 9.17) is 16.4 Å². The van der Waals surface area contributed by atoms with Crippen molar-refractivity contribution < 1.29 is 9.47 Å². The van der Waals surface area contributed by atoms with Gasteiger partial charge in [0.15, 0.2) is 0 Å². The van der Waals surface area contributed by atoms with Gasteiger partial charge in [-0.1, -0.05) is 12.1 Å². The summed E-state index contributed by atoms with van der Waals surface area (Å²) < 4.78 is 11.0. The van der Waals surface area contributed by atoms with E-state index < -0.39 is 0 Å². The van der Waals surface area contributed by atoms with Crippen molar-refractivity contribution in [3.8, 4) is 5.75 Å². The molecule has 0 bridgehead atoms. The maximum absolute atomic E-state index is 5.56. The van der Waals surface area contributed by atoms with Crippen LogP contribution in [0.3, 0.4) is 0 Å². The van der Waals surface area contributed by atoms with Crippen LogP contribution >= 0.6 is 0 Å². The minimum Gasteiger partial charge on any atom is -0.491 e. The third-order valence-corrected chi connectivity index (χ3v) is 2.34. The zero-order chi connectivity index (χ0) is 9.80. The molecule has 1 aliphatic rings. The molecule has 0 spiro atoms. The monoisotopic (exact) mass is 190 g/mol. The van der Waals surface area contributed by atoms with E-state index in [2.05, 4.69) is 0 Å². The topological polar surface area (TPSA) is 18.5 Å². The lowest BCUT2D eigenvalue weighted by Gasteiger charge is -2.11. The maximum Gasteiger partial charge on any atom is 0.119 e. The highest BCUT2D eigenvalue weighted by Crippen LogP contribution is 2.16. The van der Waals surface area contributed by atoms with Gasteiger partial charge in [-0.3, -0.25) is 0 Å². The van der Waals surface area contributed by atoms with Crippen LogP contribution in [0.4, 0.5) is 0 Å². The van der Waals surface area contributed by atoms with Crippen molar-refractivity contribution in [1.29, 1.82) is 0 Å². The summed E-state index contributed by atoms with van der Waals surface area (Å²) in [6.45, 7) is 7.08. The van der Waals surface area contributed by atoms with Crippen LogP contribution in [-0.2, 0) is 4.74 Å². The first-order chi connectivity index (χ1) is 6.84. The average molecular weight is 190 g/mol. The molecule has 1 aromatic rings. The fraction of sp³-hybridized carbons (Fsp3) is 0.417. The summed E-state index contributed by atoms with van der Waals surface area (Å²) in [5, 5.41) is 0. The van der Waals surface area contributed by atoms with Gasteiger partial charge in [-0.15, -0.1) is 0 Å². The standard InChI is InChI=1S/C12H14O2/c1-10-4-6-11(7-5-10)14-9-12-3-2-8-13-12/h1,4-7,12H,2-3,8-9H2. The Morgan fingerprint density at radius 2 is 2.14 bits per heavy atom. The smallest absolute Gasteiger partial charge is 0.119 e. The van der Waals surface area contributed by atoms with E-state index >= 15 is 0 Å². The van der Waals surface area contributed by atoms with Crippen LogP contribution < -0.4 is 4.74 Å². The minimum absolute atomic E-state index is 0.271. The van der Waals surface area contributed by atoms with Crippen molar-refractivity contribution in [3.05, 3.63) is 36.8 Å². The van der Waals surface area contributed by atoms with E-state index in [0.29, 0.717) is 6.61 Å². The molecule has 2 nitrogen and oxygen atoms in total. The highest BCUT2D eigenvalue weighted by atomic mass is 16.5. The van der Waals surface area contributed by atoms with Gasteiger partial charge >= 0.3 is 0 Å². The minimum atomic E-state index is 0.271. The molecule has 1 aliphatic heterocycles. The molecule has 2 radical (unpaired) electrons. The van der Waals surface area contributed by atoms with Gasteiger partial charge in [-0.05, 0) is 37.5 Å². The molecule has 1 unspecified atom stereocenters. The Balaban J connectivity index is 1.82. The Bertz CT molecular complexity index is 273. The Morgan fingerprint density at radius 3 is 2.79 bits per heavy atom. The fourth-order valence-corrected chi connectivity index (χ4v) is 1.53. The van der Waals surface area contributed by atoms with Crippen LogP contribution in [-0.4, -0.2) is 19.3 Å². The zero-order valence-electron chi connectivity index (χ0n) is 8.11. The van der Waals surface area contributed by atoms with Gasteiger partial charge in [0.2, 0.25) is 0 Å². The van der Waals surface area contributed by atoms with E-state index in [1.54, 1.807) is 0 Å². The van der Waals surface area contributed by atoms with Crippen molar-refractivity contribution in [2.45, 2.75) is 18.9 Å². The highest BCUT2D eigenvalue weighted by molar-refractivity contribution is 5.28. The van der Waals surface area contributed by atoms with E-state index in [9.17, 15) is 0 Å². The Hall–Kier alpha value is -1.02. The highest BCUT2D eigenvalue weighted by Gasteiger charge is 2.15. The lowest BCUT2D eigenvalue weighted by Crippen LogP contribution is -2.16. The van der Waals surface area contributed by atoms with Crippen LogP contribution in [0.25, 0.3) is 0 Å². The molecule has 74 valence electrons. The Kier molecular flexibility index (Phi) is 3.04. The molecule has 14 heavy (non-hydrogen) atoms. The zero-order valence-corrected chi connectivity index (χ0v) is 8.11. The summed E-state index contributed by atoms with van der Waals surface area (Å²) in [6, 6.07) is 7.43. The van der Waals surface area contributed by atoms with Crippen molar-refractivity contribution in [2.24, 2.45) is 0 Å². The summed E-state index contributed by atoms with van der Waals surface area (Å²) in [6.07, 6.45) is 2.53. The second kappa shape index (κ2) is 4.47. The largest absolute Gasteiger partial charge is 0.491 e. The van der Waals surface area contributed by atoms with Crippen LogP contribution in [0.15, 0.2) is 24.3 Å². The molecule has 1 atom stereocenters. The normalized spacial score (nSPS) is 21.1. The van der Waals surface area contributed by atoms with E-state index in [0.717, 1.165) is 30.8 Å². The molecule has 0 amide bonds. The van der Waals surface area contributed by atoms with Gasteiger partial charge in [-0.2, -0.15) is 0 Å². The number of benzene rings is 1. The van der Waals surface area contributed by atoms with Crippen LogP contribution in [0, 0.1) is 6.92 Å². The van der Waals surface area contributed by atoms with E-state index in [1.165, 1.54) is 0 Å². The predicted octanol–water partition coefficient (Wildman–Crippen LogP) is 2.30. The molecule has 1 fully saturated rings. The summed E-state index contributed by atoms with van der Waals surface area (Å²) in [7, 11) is 0. The first-order valence-corrected chi connectivity index (χ1v) is 4.94. The molecule has 1 saturated heterocycles. The molecule has 2 rings (SSSR count). The second-order valence-electron chi connectivity index (χ2n) is 3.52. The third-order valence-electron chi connectivity index (χ3n) is 2.34. The summed E-state index contributed by atoms with van der Waals surface area (Å²) in [5.74, 6) is 0.856. The molecule has 0 aliphatic carbocycles. The number of hydrogen-bond acceptors (Lipinski definition) is 2. The first kappa shape index (κ1) is 9.53. The van der Waals surface area contributed by atoms with Gasteiger partial charge < -0.3 is 9.47 Å². The Morgan fingerprint density at radius 1 is 1.36 bits per heavy atom. The molecular formula is C12H14O2. The van der Waals surface area contributed by atoms with Gasteiger partial charge in [0.1, 0.15) is 12.4 Å². The molecular weight excluding hydrogens is 176 g/mol. The van der Waals surface area contributed by atoms with E-state index in [-0.39, 0.29) is 6.10 Å².